The van der Waals surface area contributed by atoms with Gasteiger partial charge in [0.15, 0.2) is 17.2 Å². The number of hydrogen-bond donors (Lipinski definition) is 1. The molecule has 30 heavy (non-hydrogen) atoms. The van der Waals surface area contributed by atoms with E-state index in [1.165, 1.54) is 11.8 Å². The van der Waals surface area contributed by atoms with Crippen molar-refractivity contribution in [2.24, 2.45) is 0 Å². The lowest BCUT2D eigenvalue weighted by Gasteiger charge is -2.23. The molecule has 0 fully saturated rings. The van der Waals surface area contributed by atoms with Gasteiger partial charge in [0, 0.05) is 15.7 Å². The van der Waals surface area contributed by atoms with E-state index in [2.05, 4.69) is 36.4 Å². The SMILES string of the molecule is COc1ccc([C@@H]2Nc3ccc(Br)cc3-c3nnc(SC)nc3O2)c(OC)c1OC. The molecule has 1 aliphatic heterocycles. The third-order valence-corrected chi connectivity index (χ3v) is 5.62. The Balaban J connectivity index is 1.90. The van der Waals surface area contributed by atoms with Crippen molar-refractivity contribution in [3.8, 4) is 34.4 Å². The number of rotatable bonds is 5. The highest BCUT2D eigenvalue weighted by Crippen LogP contribution is 2.46. The summed E-state index contributed by atoms with van der Waals surface area (Å²) in [6.45, 7) is 0. The van der Waals surface area contributed by atoms with Crippen LogP contribution in [0.15, 0.2) is 40.0 Å². The first-order chi connectivity index (χ1) is 14.6. The Bertz CT molecular complexity index is 1100. The van der Waals surface area contributed by atoms with Crippen LogP contribution in [0, 0.1) is 0 Å². The van der Waals surface area contributed by atoms with Crippen molar-refractivity contribution < 1.29 is 18.9 Å². The van der Waals surface area contributed by atoms with E-state index in [-0.39, 0.29) is 0 Å². The van der Waals surface area contributed by atoms with Crippen molar-refractivity contribution in [1.29, 1.82) is 0 Å². The summed E-state index contributed by atoms with van der Waals surface area (Å²) in [4.78, 5) is 4.54. The molecule has 1 aromatic heterocycles. The first kappa shape index (κ1) is 20.5. The summed E-state index contributed by atoms with van der Waals surface area (Å²) in [5, 5.41) is 12.5. The van der Waals surface area contributed by atoms with Crippen LogP contribution >= 0.6 is 27.7 Å². The van der Waals surface area contributed by atoms with Gasteiger partial charge in [0.25, 0.3) is 0 Å². The number of fused-ring (bicyclic) bond motifs is 3. The van der Waals surface area contributed by atoms with Crippen LogP contribution in [0.4, 0.5) is 5.69 Å². The smallest absolute Gasteiger partial charge is 0.247 e. The van der Waals surface area contributed by atoms with Crippen LogP contribution in [-0.4, -0.2) is 42.8 Å². The van der Waals surface area contributed by atoms with Gasteiger partial charge in [-0.1, -0.05) is 27.7 Å². The van der Waals surface area contributed by atoms with E-state index < -0.39 is 6.23 Å². The summed E-state index contributed by atoms with van der Waals surface area (Å²) in [6.07, 6.45) is 1.27. The number of anilines is 1. The third kappa shape index (κ3) is 3.61. The molecule has 1 aliphatic rings. The number of nitrogens with one attached hydrogen (secondary N) is 1. The van der Waals surface area contributed by atoms with Crippen molar-refractivity contribution in [2.75, 3.05) is 32.9 Å². The van der Waals surface area contributed by atoms with E-state index in [0.29, 0.717) is 34.0 Å². The Kier molecular flexibility index (Phi) is 5.87. The minimum Gasteiger partial charge on any atom is -0.493 e. The van der Waals surface area contributed by atoms with E-state index in [9.17, 15) is 0 Å². The van der Waals surface area contributed by atoms with Gasteiger partial charge in [-0.15, -0.1) is 10.2 Å². The highest BCUT2D eigenvalue weighted by Gasteiger charge is 2.30. The van der Waals surface area contributed by atoms with Gasteiger partial charge in [0.2, 0.25) is 23.0 Å². The normalized spacial score (nSPS) is 14.5. The van der Waals surface area contributed by atoms with Crippen LogP contribution in [0.25, 0.3) is 11.3 Å². The summed E-state index contributed by atoms with van der Waals surface area (Å²) >= 11 is 4.91. The van der Waals surface area contributed by atoms with Crippen molar-refractivity contribution >= 4 is 33.4 Å². The molecule has 1 atom stereocenters. The average Bonchev–Trinajstić information content (AvgIpc) is 2.93. The van der Waals surface area contributed by atoms with E-state index in [0.717, 1.165) is 21.3 Å². The zero-order chi connectivity index (χ0) is 21.3. The maximum Gasteiger partial charge on any atom is 0.247 e. The van der Waals surface area contributed by atoms with Gasteiger partial charge in [-0.3, -0.25) is 0 Å². The van der Waals surface area contributed by atoms with E-state index in [1.54, 1.807) is 21.3 Å². The fourth-order valence-corrected chi connectivity index (χ4v) is 3.89. The molecule has 156 valence electrons. The largest absolute Gasteiger partial charge is 0.493 e. The number of benzene rings is 2. The van der Waals surface area contributed by atoms with Crippen LogP contribution in [0.2, 0.25) is 0 Å². The molecule has 1 N–H and O–H groups in total. The maximum absolute atomic E-state index is 6.29. The Morgan fingerprint density at radius 3 is 2.53 bits per heavy atom. The number of halogens is 1. The predicted octanol–water partition coefficient (Wildman–Crippen LogP) is 4.55. The molecule has 0 radical (unpaired) electrons. The minimum absolute atomic E-state index is 0.375. The topological polar surface area (TPSA) is 87.6 Å². The first-order valence-electron chi connectivity index (χ1n) is 8.90. The lowest BCUT2D eigenvalue weighted by atomic mass is 10.1. The molecule has 0 spiro atoms. The van der Waals surface area contributed by atoms with E-state index in [1.807, 2.05) is 36.6 Å². The number of methoxy groups -OCH3 is 3. The summed E-state index contributed by atoms with van der Waals surface area (Å²) in [6, 6.07) is 9.51. The number of thioether (sulfide) groups is 1. The standard InChI is InChI=1S/C20H19BrN4O4S/c1-26-14-8-6-11(16(27-2)17(14)28-3)18-22-13-7-5-10(21)9-12(13)15-19(29-18)23-20(30-4)25-24-15/h5-9,18,22H,1-4H3/t18-/m1/s1. The van der Waals surface area contributed by atoms with Crippen molar-refractivity contribution in [3.63, 3.8) is 0 Å². The van der Waals surface area contributed by atoms with Gasteiger partial charge < -0.3 is 24.3 Å². The molecule has 0 bridgehead atoms. The van der Waals surface area contributed by atoms with E-state index >= 15 is 0 Å². The monoisotopic (exact) mass is 490 g/mol. The van der Waals surface area contributed by atoms with Crippen LogP contribution in [0.3, 0.4) is 0 Å². The highest BCUT2D eigenvalue weighted by molar-refractivity contribution is 9.10. The van der Waals surface area contributed by atoms with Crippen LogP contribution in [0.1, 0.15) is 11.8 Å². The summed E-state index contributed by atoms with van der Waals surface area (Å²) in [5.74, 6) is 1.92. The molecule has 2 heterocycles. The summed E-state index contributed by atoms with van der Waals surface area (Å²) in [5.41, 5.74) is 2.93. The average molecular weight is 491 g/mol. The first-order valence-corrected chi connectivity index (χ1v) is 10.9. The molecule has 0 unspecified atom stereocenters. The van der Waals surface area contributed by atoms with Gasteiger partial charge in [-0.2, -0.15) is 4.98 Å². The maximum atomic E-state index is 6.29. The molecule has 3 aromatic rings. The third-order valence-electron chi connectivity index (χ3n) is 4.59. The van der Waals surface area contributed by atoms with Crippen LogP contribution < -0.4 is 24.3 Å². The number of nitrogens with zero attached hydrogens (tertiary/aromatic N) is 3. The lowest BCUT2D eigenvalue weighted by Crippen LogP contribution is -2.18. The van der Waals surface area contributed by atoms with Gasteiger partial charge in [0.1, 0.15) is 0 Å². The second kappa shape index (κ2) is 8.57. The molecular weight excluding hydrogens is 472 g/mol. The fraction of sp³-hybridized carbons (Fsp3) is 0.250. The quantitative estimate of drug-likeness (QED) is 0.517. The number of hydrogen-bond acceptors (Lipinski definition) is 9. The molecular formula is C20H19BrN4O4S. The number of ether oxygens (including phenoxy) is 4. The summed E-state index contributed by atoms with van der Waals surface area (Å²) < 4.78 is 23.8. The van der Waals surface area contributed by atoms with Crippen molar-refractivity contribution in [1.82, 2.24) is 15.2 Å². The molecule has 8 nitrogen and oxygen atoms in total. The lowest BCUT2D eigenvalue weighted by molar-refractivity contribution is 0.217. The molecule has 0 saturated carbocycles. The molecule has 0 saturated heterocycles. The predicted molar refractivity (Wildman–Crippen MR) is 118 cm³/mol. The Morgan fingerprint density at radius 1 is 1.03 bits per heavy atom. The van der Waals surface area contributed by atoms with Gasteiger partial charge >= 0.3 is 0 Å². The highest BCUT2D eigenvalue weighted by atomic mass is 79.9. The van der Waals surface area contributed by atoms with Gasteiger partial charge in [-0.25, -0.2) is 0 Å². The second-order valence-electron chi connectivity index (χ2n) is 6.21. The van der Waals surface area contributed by atoms with Gasteiger partial charge in [0.05, 0.1) is 26.9 Å². The van der Waals surface area contributed by atoms with E-state index in [4.69, 9.17) is 18.9 Å². The Morgan fingerprint density at radius 2 is 1.83 bits per heavy atom. The Labute approximate surface area is 186 Å². The number of aromatic nitrogens is 3. The summed E-state index contributed by atoms with van der Waals surface area (Å²) in [7, 11) is 4.72. The van der Waals surface area contributed by atoms with Crippen molar-refractivity contribution in [3.05, 3.63) is 40.4 Å². The van der Waals surface area contributed by atoms with Crippen LogP contribution in [0.5, 0.6) is 23.1 Å². The Hall–Kier alpha value is -2.72. The molecule has 0 aliphatic carbocycles. The molecule has 2 aromatic carbocycles. The fourth-order valence-electron chi connectivity index (χ4n) is 3.23. The second-order valence-corrected chi connectivity index (χ2v) is 7.90. The van der Waals surface area contributed by atoms with Gasteiger partial charge in [-0.05, 0) is 36.6 Å². The minimum atomic E-state index is -0.618. The van der Waals surface area contributed by atoms with Crippen LogP contribution in [-0.2, 0) is 0 Å². The molecule has 10 heteroatoms. The van der Waals surface area contributed by atoms with Crippen molar-refractivity contribution in [2.45, 2.75) is 11.4 Å². The zero-order valence-electron chi connectivity index (χ0n) is 16.7. The molecule has 0 amide bonds. The molecule has 4 rings (SSSR count). The zero-order valence-corrected chi connectivity index (χ0v) is 19.1.